The van der Waals surface area contributed by atoms with Crippen molar-refractivity contribution >= 4 is 5.82 Å². The van der Waals surface area contributed by atoms with E-state index in [9.17, 15) is 0 Å². The Morgan fingerprint density at radius 1 is 1.22 bits per heavy atom. The van der Waals surface area contributed by atoms with Gasteiger partial charge in [0.05, 0.1) is 5.54 Å². The molecule has 1 aromatic heterocycles. The Hall–Kier alpha value is -1.94. The lowest BCUT2D eigenvalue weighted by atomic mass is 9.92. The van der Waals surface area contributed by atoms with E-state index in [0.717, 1.165) is 17.1 Å². The number of nitrogens with zero attached hydrogens (tertiary/aromatic N) is 2. The van der Waals surface area contributed by atoms with E-state index in [4.69, 9.17) is 5.73 Å². The van der Waals surface area contributed by atoms with E-state index >= 15 is 0 Å². The van der Waals surface area contributed by atoms with Crippen molar-refractivity contribution in [3.8, 4) is 0 Å². The number of benzene rings is 1. The summed E-state index contributed by atoms with van der Waals surface area (Å²) < 4.78 is 0. The summed E-state index contributed by atoms with van der Waals surface area (Å²) in [4.78, 5) is 8.31. The van der Waals surface area contributed by atoms with E-state index in [0.29, 0.717) is 6.54 Å². The molecule has 0 aliphatic rings. The molecule has 1 heterocycles. The minimum Gasteiger partial charge on any atom is -0.359 e. The molecule has 94 valence electrons. The van der Waals surface area contributed by atoms with E-state index in [1.165, 1.54) is 0 Å². The van der Waals surface area contributed by atoms with Gasteiger partial charge in [0.1, 0.15) is 12.1 Å². The van der Waals surface area contributed by atoms with E-state index in [1.807, 2.05) is 31.2 Å². The molecule has 18 heavy (non-hydrogen) atoms. The number of hydrogen-bond donors (Lipinski definition) is 2. The molecule has 0 aliphatic heterocycles. The van der Waals surface area contributed by atoms with Crippen LogP contribution in [0.5, 0.6) is 0 Å². The Kier molecular flexibility index (Phi) is 3.58. The first-order chi connectivity index (χ1) is 8.64. The molecular weight excluding hydrogens is 224 g/mol. The van der Waals surface area contributed by atoms with Crippen LogP contribution in [0.15, 0.2) is 42.7 Å². The van der Waals surface area contributed by atoms with Crippen LogP contribution in [0.3, 0.4) is 0 Å². The zero-order chi connectivity index (χ0) is 13.0. The summed E-state index contributed by atoms with van der Waals surface area (Å²) >= 11 is 0. The van der Waals surface area contributed by atoms with Gasteiger partial charge in [-0.3, -0.25) is 0 Å². The van der Waals surface area contributed by atoms with Crippen LogP contribution in [0.4, 0.5) is 5.82 Å². The molecule has 0 amide bonds. The molecule has 0 radical (unpaired) electrons. The van der Waals surface area contributed by atoms with Gasteiger partial charge in [0.2, 0.25) is 0 Å². The highest BCUT2D eigenvalue weighted by Gasteiger charge is 2.24. The second kappa shape index (κ2) is 5.14. The van der Waals surface area contributed by atoms with Gasteiger partial charge in [0.15, 0.2) is 0 Å². The minimum absolute atomic E-state index is 0.331. The third-order valence-electron chi connectivity index (χ3n) is 3.03. The topological polar surface area (TPSA) is 63.8 Å². The zero-order valence-corrected chi connectivity index (χ0v) is 10.7. The van der Waals surface area contributed by atoms with Crippen molar-refractivity contribution in [2.24, 2.45) is 5.73 Å². The molecule has 1 unspecified atom stereocenters. The Bertz CT molecular complexity index is 512. The maximum Gasteiger partial charge on any atom is 0.130 e. The van der Waals surface area contributed by atoms with Gasteiger partial charge in [-0.1, -0.05) is 30.3 Å². The molecule has 2 aromatic rings. The Labute approximate surface area is 107 Å². The van der Waals surface area contributed by atoms with Crippen molar-refractivity contribution in [1.82, 2.24) is 9.97 Å². The van der Waals surface area contributed by atoms with Crippen LogP contribution < -0.4 is 11.1 Å². The number of aryl methyl sites for hydroxylation is 1. The summed E-state index contributed by atoms with van der Waals surface area (Å²) in [5.41, 5.74) is 7.66. The summed E-state index contributed by atoms with van der Waals surface area (Å²) in [6, 6.07) is 12.1. The van der Waals surface area contributed by atoms with Crippen LogP contribution in [-0.4, -0.2) is 16.5 Å². The number of nitrogens with one attached hydrogen (secondary N) is 1. The monoisotopic (exact) mass is 242 g/mol. The normalized spacial score (nSPS) is 13.9. The average molecular weight is 242 g/mol. The average Bonchev–Trinajstić information content (AvgIpc) is 2.39. The van der Waals surface area contributed by atoms with Gasteiger partial charge in [0, 0.05) is 18.3 Å². The van der Waals surface area contributed by atoms with Crippen molar-refractivity contribution < 1.29 is 0 Å². The van der Waals surface area contributed by atoms with Crippen molar-refractivity contribution in [3.05, 3.63) is 54.0 Å². The van der Waals surface area contributed by atoms with Gasteiger partial charge in [-0.2, -0.15) is 0 Å². The molecule has 0 saturated carbocycles. The SMILES string of the molecule is Cc1cc(NC(C)(CN)c2ccccc2)ncn1. The second-order valence-electron chi connectivity index (χ2n) is 4.57. The standard InChI is InChI=1S/C14H18N4/c1-11-8-13(17-10-16-11)18-14(2,9-15)12-6-4-3-5-7-12/h3-8,10H,9,15H2,1-2H3,(H,16,17,18). The largest absolute Gasteiger partial charge is 0.359 e. The summed E-state index contributed by atoms with van der Waals surface area (Å²) in [6.07, 6.45) is 1.56. The van der Waals surface area contributed by atoms with Crippen LogP contribution in [0, 0.1) is 6.92 Å². The van der Waals surface area contributed by atoms with Crippen LogP contribution in [0.1, 0.15) is 18.2 Å². The van der Waals surface area contributed by atoms with Crippen LogP contribution in [-0.2, 0) is 5.54 Å². The minimum atomic E-state index is -0.331. The lowest BCUT2D eigenvalue weighted by Crippen LogP contribution is -2.40. The Morgan fingerprint density at radius 2 is 1.94 bits per heavy atom. The summed E-state index contributed by atoms with van der Waals surface area (Å²) in [5.74, 6) is 0.791. The molecule has 1 atom stereocenters. The first kappa shape index (κ1) is 12.5. The highest BCUT2D eigenvalue weighted by molar-refractivity contribution is 5.42. The fourth-order valence-corrected chi connectivity index (χ4v) is 1.85. The number of aromatic nitrogens is 2. The van der Waals surface area contributed by atoms with E-state index in [-0.39, 0.29) is 5.54 Å². The molecule has 0 fully saturated rings. The molecule has 0 bridgehead atoms. The van der Waals surface area contributed by atoms with Gasteiger partial charge in [-0.15, -0.1) is 0 Å². The lowest BCUT2D eigenvalue weighted by molar-refractivity contribution is 0.553. The predicted molar refractivity (Wildman–Crippen MR) is 73.2 cm³/mol. The van der Waals surface area contributed by atoms with Crippen molar-refractivity contribution in [2.75, 3.05) is 11.9 Å². The van der Waals surface area contributed by atoms with Crippen LogP contribution in [0.2, 0.25) is 0 Å². The summed E-state index contributed by atoms with van der Waals surface area (Å²) in [7, 11) is 0. The van der Waals surface area contributed by atoms with E-state index in [1.54, 1.807) is 6.33 Å². The van der Waals surface area contributed by atoms with Crippen LogP contribution >= 0.6 is 0 Å². The quantitative estimate of drug-likeness (QED) is 0.861. The van der Waals surface area contributed by atoms with Gasteiger partial charge in [-0.05, 0) is 19.4 Å². The Balaban J connectivity index is 2.29. The summed E-state index contributed by atoms with van der Waals surface area (Å²) in [6.45, 7) is 4.50. The predicted octanol–water partition coefficient (Wildman–Crippen LogP) is 2.07. The number of hydrogen-bond acceptors (Lipinski definition) is 4. The molecule has 0 saturated heterocycles. The fraction of sp³-hybridized carbons (Fsp3) is 0.286. The smallest absolute Gasteiger partial charge is 0.130 e. The van der Waals surface area contributed by atoms with Gasteiger partial charge in [-0.25, -0.2) is 9.97 Å². The molecule has 0 aliphatic carbocycles. The fourth-order valence-electron chi connectivity index (χ4n) is 1.85. The van der Waals surface area contributed by atoms with Gasteiger partial charge >= 0.3 is 0 Å². The van der Waals surface area contributed by atoms with Crippen LogP contribution in [0.25, 0.3) is 0 Å². The third kappa shape index (κ3) is 2.65. The number of rotatable bonds is 4. The van der Waals surface area contributed by atoms with Crippen molar-refractivity contribution in [2.45, 2.75) is 19.4 Å². The van der Waals surface area contributed by atoms with E-state index < -0.39 is 0 Å². The molecular formula is C14H18N4. The second-order valence-corrected chi connectivity index (χ2v) is 4.57. The maximum atomic E-state index is 5.92. The number of nitrogens with two attached hydrogens (primary N) is 1. The highest BCUT2D eigenvalue weighted by atomic mass is 15.1. The first-order valence-electron chi connectivity index (χ1n) is 5.96. The number of anilines is 1. The molecule has 3 N–H and O–H groups in total. The molecule has 2 rings (SSSR count). The van der Waals surface area contributed by atoms with Crippen molar-refractivity contribution in [3.63, 3.8) is 0 Å². The molecule has 1 aromatic carbocycles. The molecule has 4 heteroatoms. The zero-order valence-electron chi connectivity index (χ0n) is 10.7. The Morgan fingerprint density at radius 3 is 2.56 bits per heavy atom. The lowest BCUT2D eigenvalue weighted by Gasteiger charge is -2.30. The molecule has 4 nitrogen and oxygen atoms in total. The third-order valence-corrected chi connectivity index (χ3v) is 3.03. The highest BCUT2D eigenvalue weighted by Crippen LogP contribution is 2.23. The van der Waals surface area contributed by atoms with Gasteiger partial charge < -0.3 is 11.1 Å². The maximum absolute atomic E-state index is 5.92. The summed E-state index contributed by atoms with van der Waals surface area (Å²) in [5, 5.41) is 3.39. The van der Waals surface area contributed by atoms with Crippen molar-refractivity contribution in [1.29, 1.82) is 0 Å². The first-order valence-corrected chi connectivity index (χ1v) is 5.96. The van der Waals surface area contributed by atoms with E-state index in [2.05, 4.69) is 34.3 Å². The molecule has 0 spiro atoms. The van der Waals surface area contributed by atoms with Gasteiger partial charge in [0.25, 0.3) is 0 Å².